The van der Waals surface area contributed by atoms with Gasteiger partial charge >= 0.3 is 6.03 Å². The maximum atomic E-state index is 13.0. The van der Waals surface area contributed by atoms with Gasteiger partial charge < -0.3 is 20.1 Å². The SMILES string of the molecule is CCOc1cc(/C=C2/NC(=O)N(CC)C2=O)cc(Cl)c1OCC(=O)Nc1ccc(F)cc1. The highest BCUT2D eigenvalue weighted by Crippen LogP contribution is 2.37. The average Bonchev–Trinajstić information content (AvgIpc) is 3.01. The van der Waals surface area contributed by atoms with Crippen LogP contribution in [0.1, 0.15) is 19.4 Å². The minimum Gasteiger partial charge on any atom is -0.490 e. The molecule has 1 saturated heterocycles. The van der Waals surface area contributed by atoms with E-state index < -0.39 is 23.7 Å². The van der Waals surface area contributed by atoms with Gasteiger partial charge in [0.15, 0.2) is 18.1 Å². The van der Waals surface area contributed by atoms with Crippen LogP contribution >= 0.6 is 11.6 Å². The molecule has 168 valence electrons. The van der Waals surface area contributed by atoms with Crippen LogP contribution in [0.15, 0.2) is 42.1 Å². The molecule has 1 heterocycles. The van der Waals surface area contributed by atoms with Gasteiger partial charge in [-0.05, 0) is 61.9 Å². The number of rotatable bonds is 8. The van der Waals surface area contributed by atoms with E-state index in [0.29, 0.717) is 17.9 Å². The molecular weight excluding hydrogens is 441 g/mol. The lowest BCUT2D eigenvalue weighted by Gasteiger charge is -2.14. The van der Waals surface area contributed by atoms with Crippen molar-refractivity contribution >= 4 is 41.2 Å². The molecule has 0 bridgehead atoms. The molecule has 2 N–H and O–H groups in total. The number of hydrogen-bond acceptors (Lipinski definition) is 5. The second-order valence-corrected chi connectivity index (χ2v) is 7.05. The zero-order chi connectivity index (χ0) is 23.3. The molecule has 8 nitrogen and oxygen atoms in total. The van der Waals surface area contributed by atoms with Crippen LogP contribution in [0.2, 0.25) is 5.02 Å². The van der Waals surface area contributed by atoms with Crippen molar-refractivity contribution in [1.29, 1.82) is 0 Å². The van der Waals surface area contributed by atoms with E-state index in [4.69, 9.17) is 21.1 Å². The number of halogens is 2. The van der Waals surface area contributed by atoms with Crippen molar-refractivity contribution in [1.82, 2.24) is 10.2 Å². The zero-order valence-corrected chi connectivity index (χ0v) is 18.2. The molecule has 0 spiro atoms. The number of carbonyl (C=O) groups is 3. The molecule has 0 aliphatic carbocycles. The minimum absolute atomic E-state index is 0.114. The molecule has 3 rings (SSSR count). The topological polar surface area (TPSA) is 97.0 Å². The molecule has 4 amide bonds. The van der Waals surface area contributed by atoms with Crippen LogP contribution in [0.3, 0.4) is 0 Å². The van der Waals surface area contributed by atoms with Crippen LogP contribution in [0.25, 0.3) is 6.08 Å². The Morgan fingerprint density at radius 3 is 2.53 bits per heavy atom. The zero-order valence-electron chi connectivity index (χ0n) is 17.4. The summed E-state index contributed by atoms with van der Waals surface area (Å²) in [4.78, 5) is 37.4. The largest absolute Gasteiger partial charge is 0.490 e. The highest BCUT2D eigenvalue weighted by Gasteiger charge is 2.32. The van der Waals surface area contributed by atoms with Gasteiger partial charge in [0, 0.05) is 12.2 Å². The second kappa shape index (κ2) is 10.1. The molecule has 1 aliphatic heterocycles. The van der Waals surface area contributed by atoms with Gasteiger partial charge in [-0.25, -0.2) is 9.18 Å². The van der Waals surface area contributed by atoms with Crippen LogP contribution in [0, 0.1) is 5.82 Å². The Labute approximate surface area is 188 Å². The summed E-state index contributed by atoms with van der Waals surface area (Å²) in [6.45, 7) is 3.65. The molecule has 1 aliphatic rings. The molecular formula is C22H21ClFN3O5. The summed E-state index contributed by atoms with van der Waals surface area (Å²) in [5.41, 5.74) is 1.04. The first-order chi connectivity index (χ1) is 15.3. The highest BCUT2D eigenvalue weighted by atomic mass is 35.5. The standard InChI is InChI=1S/C22H21ClFN3O5/c1-3-27-21(29)17(26-22(27)30)10-13-9-16(23)20(18(11-13)31-4-2)32-12-19(28)25-15-7-5-14(24)6-8-15/h5-11H,3-4,12H2,1-2H3,(H,25,28)(H,26,30)/b17-10+. The third kappa shape index (κ3) is 5.36. The quantitative estimate of drug-likeness (QED) is 0.460. The maximum absolute atomic E-state index is 13.0. The molecule has 0 saturated carbocycles. The van der Waals surface area contributed by atoms with Crippen molar-refractivity contribution in [3.63, 3.8) is 0 Å². The van der Waals surface area contributed by atoms with Crippen molar-refractivity contribution in [2.45, 2.75) is 13.8 Å². The van der Waals surface area contributed by atoms with E-state index in [-0.39, 0.29) is 35.4 Å². The molecule has 10 heteroatoms. The molecule has 2 aromatic rings. The van der Waals surface area contributed by atoms with Crippen molar-refractivity contribution in [2.24, 2.45) is 0 Å². The van der Waals surface area contributed by atoms with E-state index in [2.05, 4.69) is 10.6 Å². The number of hydrogen-bond donors (Lipinski definition) is 2. The van der Waals surface area contributed by atoms with Crippen LogP contribution in [-0.2, 0) is 9.59 Å². The number of nitrogens with zero attached hydrogens (tertiary/aromatic N) is 1. The van der Waals surface area contributed by atoms with E-state index >= 15 is 0 Å². The van der Waals surface area contributed by atoms with Gasteiger partial charge in [0.1, 0.15) is 11.5 Å². The predicted molar refractivity (Wildman–Crippen MR) is 117 cm³/mol. The first-order valence-corrected chi connectivity index (χ1v) is 10.2. The van der Waals surface area contributed by atoms with Crippen LogP contribution in [0.4, 0.5) is 14.9 Å². The Morgan fingerprint density at radius 1 is 1.19 bits per heavy atom. The van der Waals surface area contributed by atoms with Gasteiger partial charge in [-0.15, -0.1) is 0 Å². The molecule has 0 aromatic heterocycles. The average molecular weight is 462 g/mol. The lowest BCUT2D eigenvalue weighted by molar-refractivity contribution is -0.122. The maximum Gasteiger partial charge on any atom is 0.328 e. The normalized spacial score (nSPS) is 14.5. The van der Waals surface area contributed by atoms with Crippen molar-refractivity contribution in [3.8, 4) is 11.5 Å². The fraction of sp³-hybridized carbons (Fsp3) is 0.227. The third-order valence-electron chi connectivity index (χ3n) is 4.40. The van der Waals surface area contributed by atoms with Gasteiger partial charge in [0.25, 0.3) is 11.8 Å². The summed E-state index contributed by atoms with van der Waals surface area (Å²) in [5.74, 6) is -0.902. The number of amides is 4. The van der Waals surface area contributed by atoms with Gasteiger partial charge in [0.2, 0.25) is 0 Å². The van der Waals surface area contributed by atoms with Crippen molar-refractivity contribution in [3.05, 3.63) is 58.5 Å². The Balaban J connectivity index is 1.76. The Kier molecular flexibility index (Phi) is 7.32. The fourth-order valence-electron chi connectivity index (χ4n) is 2.97. The van der Waals surface area contributed by atoms with Gasteiger partial charge in [-0.1, -0.05) is 11.6 Å². The Morgan fingerprint density at radius 2 is 1.91 bits per heavy atom. The Hall–Kier alpha value is -3.59. The van der Waals surface area contributed by atoms with Gasteiger partial charge in [-0.3, -0.25) is 14.5 Å². The van der Waals surface area contributed by atoms with E-state index in [9.17, 15) is 18.8 Å². The Bertz CT molecular complexity index is 1070. The lowest BCUT2D eigenvalue weighted by atomic mass is 10.1. The van der Waals surface area contributed by atoms with E-state index in [1.807, 2.05) is 0 Å². The summed E-state index contributed by atoms with van der Waals surface area (Å²) in [6.07, 6.45) is 1.48. The number of ether oxygens (including phenoxy) is 2. The molecule has 2 aromatic carbocycles. The summed E-state index contributed by atoms with van der Waals surface area (Å²) in [6, 6.07) is 7.93. The number of carbonyl (C=O) groups excluding carboxylic acids is 3. The molecule has 32 heavy (non-hydrogen) atoms. The first-order valence-electron chi connectivity index (χ1n) is 9.81. The smallest absolute Gasteiger partial charge is 0.328 e. The molecule has 0 unspecified atom stereocenters. The molecule has 0 atom stereocenters. The number of anilines is 1. The molecule has 0 radical (unpaired) electrons. The van der Waals surface area contributed by atoms with Crippen molar-refractivity contribution < 1.29 is 28.2 Å². The van der Waals surface area contributed by atoms with E-state index in [1.54, 1.807) is 19.9 Å². The number of nitrogens with one attached hydrogen (secondary N) is 2. The highest BCUT2D eigenvalue weighted by molar-refractivity contribution is 6.32. The van der Waals surface area contributed by atoms with Gasteiger partial charge in [0.05, 0.1) is 11.6 Å². The predicted octanol–water partition coefficient (Wildman–Crippen LogP) is 3.81. The monoisotopic (exact) mass is 461 g/mol. The lowest BCUT2D eigenvalue weighted by Crippen LogP contribution is -2.30. The number of imide groups is 1. The summed E-state index contributed by atoms with van der Waals surface area (Å²) >= 11 is 6.35. The molecule has 1 fully saturated rings. The third-order valence-corrected chi connectivity index (χ3v) is 4.68. The van der Waals surface area contributed by atoms with Crippen LogP contribution < -0.4 is 20.1 Å². The van der Waals surface area contributed by atoms with Gasteiger partial charge in [-0.2, -0.15) is 0 Å². The summed E-state index contributed by atoms with van der Waals surface area (Å²) in [7, 11) is 0. The summed E-state index contributed by atoms with van der Waals surface area (Å²) in [5, 5.41) is 5.25. The summed E-state index contributed by atoms with van der Waals surface area (Å²) < 4.78 is 24.1. The fourth-order valence-corrected chi connectivity index (χ4v) is 3.24. The minimum atomic E-state index is -0.494. The number of urea groups is 1. The number of benzene rings is 2. The van der Waals surface area contributed by atoms with Crippen molar-refractivity contribution in [2.75, 3.05) is 25.1 Å². The first kappa shape index (κ1) is 23.1. The van der Waals surface area contributed by atoms with Crippen LogP contribution in [-0.4, -0.2) is 42.5 Å². The number of likely N-dealkylation sites (N-methyl/N-ethyl adjacent to an activating group) is 1. The second-order valence-electron chi connectivity index (χ2n) is 6.64. The van der Waals surface area contributed by atoms with E-state index in [1.165, 1.54) is 36.4 Å². The van der Waals surface area contributed by atoms with Crippen LogP contribution in [0.5, 0.6) is 11.5 Å². The van der Waals surface area contributed by atoms with E-state index in [0.717, 1.165) is 4.90 Å².